The lowest BCUT2D eigenvalue weighted by Gasteiger charge is -2.27. The van der Waals surface area contributed by atoms with E-state index < -0.39 is 11.6 Å². The summed E-state index contributed by atoms with van der Waals surface area (Å²) in [5.74, 6) is -0.0502. The largest absolute Gasteiger partial charge is 0.496 e. The molecule has 0 amide bonds. The highest BCUT2D eigenvalue weighted by molar-refractivity contribution is 5.79. The molecule has 176 valence electrons. The quantitative estimate of drug-likeness (QED) is 0.449. The number of methoxy groups -OCH3 is 1. The first kappa shape index (κ1) is 22.2. The van der Waals surface area contributed by atoms with Gasteiger partial charge in [0.1, 0.15) is 23.0 Å². The van der Waals surface area contributed by atoms with E-state index in [-0.39, 0.29) is 12.1 Å². The van der Waals surface area contributed by atoms with Crippen molar-refractivity contribution < 1.29 is 18.3 Å². The number of morpholine rings is 1. The maximum atomic E-state index is 15.0. The van der Waals surface area contributed by atoms with Crippen molar-refractivity contribution in [1.82, 2.24) is 19.4 Å². The third-order valence-electron chi connectivity index (χ3n) is 5.98. The van der Waals surface area contributed by atoms with E-state index in [1.54, 1.807) is 24.1 Å². The highest BCUT2D eigenvalue weighted by atomic mass is 19.1. The Bertz CT molecular complexity index is 1310. The normalized spacial score (nSPS) is 14.5. The minimum atomic E-state index is -0.581. The Kier molecular flexibility index (Phi) is 6.12. The van der Waals surface area contributed by atoms with E-state index >= 15 is 0 Å². The fourth-order valence-corrected chi connectivity index (χ4v) is 4.08. The molecule has 0 aliphatic carbocycles. The maximum absolute atomic E-state index is 15.0. The number of rotatable bonds is 6. The van der Waals surface area contributed by atoms with Crippen molar-refractivity contribution in [3.05, 3.63) is 71.6 Å². The standard InChI is InChI=1S/C25H25F2N5O2/c1-16-3-4-18(11-23(16)33-2)29-25-28-14-17-5-6-32(24(17)30-25)19-12-21(26)20(22(27)13-19)15-31-7-9-34-10-8-31/h3-6,11-14H,7-10,15H2,1-2H3,(H,28,29,30). The summed E-state index contributed by atoms with van der Waals surface area (Å²) in [5, 5.41) is 3.92. The van der Waals surface area contributed by atoms with Gasteiger partial charge in [-0.1, -0.05) is 6.07 Å². The van der Waals surface area contributed by atoms with Crippen LogP contribution in [0.2, 0.25) is 0 Å². The summed E-state index contributed by atoms with van der Waals surface area (Å²) >= 11 is 0. The molecule has 0 unspecified atom stereocenters. The molecule has 0 atom stereocenters. The topological polar surface area (TPSA) is 64.4 Å². The molecule has 34 heavy (non-hydrogen) atoms. The minimum Gasteiger partial charge on any atom is -0.496 e. The Hall–Kier alpha value is -3.56. The summed E-state index contributed by atoms with van der Waals surface area (Å²) in [7, 11) is 1.62. The smallest absolute Gasteiger partial charge is 0.229 e. The van der Waals surface area contributed by atoms with Gasteiger partial charge in [-0.05, 0) is 36.8 Å². The minimum absolute atomic E-state index is 0.0624. The molecule has 5 rings (SSSR count). The molecule has 1 N–H and O–H groups in total. The van der Waals surface area contributed by atoms with Crippen LogP contribution in [0.15, 0.2) is 48.8 Å². The molecule has 9 heteroatoms. The Labute approximate surface area is 196 Å². The number of nitrogens with one attached hydrogen (secondary N) is 1. The van der Waals surface area contributed by atoms with Crippen LogP contribution in [-0.4, -0.2) is 52.8 Å². The zero-order valence-corrected chi connectivity index (χ0v) is 19.0. The van der Waals surface area contributed by atoms with E-state index in [0.29, 0.717) is 43.6 Å². The summed E-state index contributed by atoms with van der Waals surface area (Å²) in [5.41, 5.74) is 2.74. The van der Waals surface area contributed by atoms with Gasteiger partial charge in [0.25, 0.3) is 0 Å². The molecule has 1 aliphatic heterocycles. The monoisotopic (exact) mass is 465 g/mol. The van der Waals surface area contributed by atoms with Gasteiger partial charge in [-0.3, -0.25) is 4.90 Å². The van der Waals surface area contributed by atoms with Gasteiger partial charge in [0.2, 0.25) is 5.95 Å². The molecule has 2 aromatic carbocycles. The van der Waals surface area contributed by atoms with E-state index in [9.17, 15) is 8.78 Å². The second kappa shape index (κ2) is 9.36. The van der Waals surface area contributed by atoms with Gasteiger partial charge in [-0.2, -0.15) is 4.98 Å². The first-order chi connectivity index (χ1) is 16.5. The molecule has 7 nitrogen and oxygen atoms in total. The van der Waals surface area contributed by atoms with Crippen LogP contribution in [0.1, 0.15) is 11.1 Å². The summed E-state index contributed by atoms with van der Waals surface area (Å²) in [6.45, 7) is 4.63. The number of halogens is 2. The number of aromatic nitrogens is 3. The van der Waals surface area contributed by atoms with Crippen LogP contribution in [0.5, 0.6) is 5.75 Å². The van der Waals surface area contributed by atoms with Gasteiger partial charge in [-0.25, -0.2) is 13.8 Å². The lowest BCUT2D eigenvalue weighted by Crippen LogP contribution is -2.36. The molecule has 1 aliphatic rings. The van der Waals surface area contributed by atoms with Gasteiger partial charge >= 0.3 is 0 Å². The van der Waals surface area contributed by atoms with Gasteiger partial charge < -0.3 is 19.4 Å². The summed E-state index contributed by atoms with van der Waals surface area (Å²) in [6.07, 6.45) is 3.40. The van der Waals surface area contributed by atoms with Crippen LogP contribution >= 0.6 is 0 Å². The van der Waals surface area contributed by atoms with Crippen molar-refractivity contribution in [3.63, 3.8) is 0 Å². The highest BCUT2D eigenvalue weighted by Crippen LogP contribution is 2.27. The summed E-state index contributed by atoms with van der Waals surface area (Å²) in [4.78, 5) is 10.9. The molecular formula is C25H25F2N5O2. The van der Waals surface area contributed by atoms with Gasteiger partial charge in [0.15, 0.2) is 0 Å². The lowest BCUT2D eigenvalue weighted by molar-refractivity contribution is 0.0332. The van der Waals surface area contributed by atoms with Crippen LogP contribution in [0.4, 0.5) is 20.4 Å². The first-order valence-corrected chi connectivity index (χ1v) is 11.1. The van der Waals surface area contributed by atoms with Crippen molar-refractivity contribution in [2.24, 2.45) is 0 Å². The number of ether oxygens (including phenoxy) is 2. The van der Waals surface area contributed by atoms with Crippen LogP contribution in [0.3, 0.4) is 0 Å². The average Bonchev–Trinajstić information content (AvgIpc) is 3.26. The summed E-state index contributed by atoms with van der Waals surface area (Å²) in [6, 6.07) is 10.2. The Morgan fingerprint density at radius 3 is 2.59 bits per heavy atom. The Balaban J connectivity index is 1.44. The fourth-order valence-electron chi connectivity index (χ4n) is 4.08. The maximum Gasteiger partial charge on any atom is 0.229 e. The molecule has 0 radical (unpaired) electrons. The fraction of sp³-hybridized carbons (Fsp3) is 0.280. The van der Waals surface area contributed by atoms with Crippen molar-refractivity contribution >= 4 is 22.7 Å². The molecule has 0 spiro atoms. The van der Waals surface area contributed by atoms with Crippen LogP contribution in [-0.2, 0) is 11.3 Å². The zero-order valence-electron chi connectivity index (χ0n) is 19.0. The molecular weight excluding hydrogens is 440 g/mol. The second-order valence-electron chi connectivity index (χ2n) is 8.24. The Morgan fingerprint density at radius 1 is 1.09 bits per heavy atom. The van der Waals surface area contributed by atoms with Gasteiger partial charge in [0.05, 0.1) is 26.0 Å². The van der Waals surface area contributed by atoms with Crippen LogP contribution in [0.25, 0.3) is 16.7 Å². The average molecular weight is 466 g/mol. The third kappa shape index (κ3) is 4.44. The molecule has 0 saturated carbocycles. The van der Waals surface area contributed by atoms with Crippen molar-refractivity contribution in [3.8, 4) is 11.4 Å². The molecule has 4 aromatic rings. The molecule has 0 bridgehead atoms. The van der Waals surface area contributed by atoms with E-state index in [4.69, 9.17) is 9.47 Å². The number of hydrogen-bond donors (Lipinski definition) is 1. The first-order valence-electron chi connectivity index (χ1n) is 11.1. The number of nitrogens with zero attached hydrogens (tertiary/aromatic N) is 4. The van der Waals surface area contributed by atoms with Crippen LogP contribution < -0.4 is 10.1 Å². The van der Waals surface area contributed by atoms with Crippen LogP contribution in [0, 0.1) is 18.6 Å². The van der Waals surface area contributed by atoms with Crippen molar-refractivity contribution in [2.75, 3.05) is 38.7 Å². The lowest BCUT2D eigenvalue weighted by atomic mass is 10.1. The number of benzene rings is 2. The Morgan fingerprint density at radius 2 is 1.85 bits per heavy atom. The zero-order chi connectivity index (χ0) is 23.7. The number of fused-ring (bicyclic) bond motifs is 1. The molecule has 1 saturated heterocycles. The van der Waals surface area contributed by atoms with E-state index in [0.717, 1.165) is 22.4 Å². The van der Waals surface area contributed by atoms with E-state index in [2.05, 4.69) is 15.3 Å². The summed E-state index contributed by atoms with van der Waals surface area (Å²) < 4.78 is 42.3. The van der Waals surface area contributed by atoms with E-state index in [1.165, 1.54) is 12.1 Å². The SMILES string of the molecule is COc1cc(Nc2ncc3ccn(-c4cc(F)c(CN5CCOCC5)c(F)c4)c3n2)ccc1C. The van der Waals surface area contributed by atoms with Gasteiger partial charge in [0, 0.05) is 54.7 Å². The van der Waals surface area contributed by atoms with Crippen molar-refractivity contribution in [2.45, 2.75) is 13.5 Å². The molecule has 1 fully saturated rings. The van der Waals surface area contributed by atoms with Crippen molar-refractivity contribution in [1.29, 1.82) is 0 Å². The predicted octanol–water partition coefficient (Wildman–Crippen LogP) is 4.59. The number of aryl methyl sites for hydroxylation is 1. The number of hydrogen-bond acceptors (Lipinski definition) is 6. The molecule has 2 aromatic heterocycles. The predicted molar refractivity (Wildman–Crippen MR) is 126 cm³/mol. The third-order valence-corrected chi connectivity index (χ3v) is 5.98. The second-order valence-corrected chi connectivity index (χ2v) is 8.24. The molecule has 3 heterocycles. The van der Waals surface area contributed by atoms with Gasteiger partial charge in [-0.15, -0.1) is 0 Å². The van der Waals surface area contributed by atoms with E-state index in [1.807, 2.05) is 36.1 Å². The number of anilines is 2. The highest BCUT2D eigenvalue weighted by Gasteiger charge is 2.18.